The molecule has 148 valence electrons. The van der Waals surface area contributed by atoms with Crippen LogP contribution in [-0.2, 0) is 0 Å². The molecule has 0 spiro atoms. The summed E-state index contributed by atoms with van der Waals surface area (Å²) in [5.74, 6) is 0.264. The van der Waals surface area contributed by atoms with Gasteiger partial charge in [0.15, 0.2) is 11.4 Å². The fourth-order valence-corrected chi connectivity index (χ4v) is 3.41. The Labute approximate surface area is 171 Å². The van der Waals surface area contributed by atoms with Crippen molar-refractivity contribution in [3.05, 3.63) is 78.1 Å². The van der Waals surface area contributed by atoms with E-state index >= 15 is 0 Å². The van der Waals surface area contributed by atoms with E-state index in [1.807, 2.05) is 67.6 Å². The molecule has 1 aliphatic rings. The molecule has 1 aromatic heterocycles. The van der Waals surface area contributed by atoms with Gasteiger partial charge in [0, 0.05) is 17.4 Å². The predicted octanol–water partition coefficient (Wildman–Crippen LogP) is 4.44. The van der Waals surface area contributed by atoms with Gasteiger partial charge in [-0.3, -0.25) is 4.79 Å². The van der Waals surface area contributed by atoms with Gasteiger partial charge in [-0.05, 0) is 56.6 Å². The highest BCUT2D eigenvalue weighted by Crippen LogP contribution is 2.28. The lowest BCUT2D eigenvalue weighted by molar-refractivity contribution is 0.101. The third-order valence-corrected chi connectivity index (χ3v) is 5.06. The summed E-state index contributed by atoms with van der Waals surface area (Å²) in [6, 6.07) is 19.6. The minimum absolute atomic E-state index is 0.0787. The summed E-state index contributed by atoms with van der Waals surface area (Å²) in [5, 5.41) is 6.27. The lowest BCUT2D eigenvalue weighted by Crippen LogP contribution is -2.34. The smallest absolute Gasteiger partial charge is 0.278 e. The third kappa shape index (κ3) is 4.81. The second-order valence-corrected chi connectivity index (χ2v) is 7.32. The van der Waals surface area contributed by atoms with Crippen molar-refractivity contribution in [1.82, 2.24) is 10.3 Å². The summed E-state index contributed by atoms with van der Waals surface area (Å²) in [5.41, 5.74) is 4.16. The summed E-state index contributed by atoms with van der Waals surface area (Å²) in [7, 11) is 0. The van der Waals surface area contributed by atoms with Crippen molar-refractivity contribution >= 4 is 11.6 Å². The number of benzene rings is 2. The normalized spacial score (nSPS) is 14.4. The monoisotopic (exact) mass is 387 g/mol. The molecule has 2 N–H and O–H groups in total. The number of carbonyl (C=O) groups excluding carboxylic acids is 1. The van der Waals surface area contributed by atoms with Crippen LogP contribution in [0.4, 0.5) is 5.69 Å². The number of anilines is 1. The van der Waals surface area contributed by atoms with Gasteiger partial charge in [0.2, 0.25) is 0 Å². The molecule has 29 heavy (non-hydrogen) atoms. The molecule has 2 aromatic carbocycles. The van der Waals surface area contributed by atoms with Crippen LogP contribution >= 0.6 is 0 Å². The molecule has 4 rings (SSSR count). The van der Waals surface area contributed by atoms with Crippen LogP contribution in [0.5, 0.6) is 5.75 Å². The highest BCUT2D eigenvalue weighted by molar-refractivity contribution is 6.05. The summed E-state index contributed by atoms with van der Waals surface area (Å²) in [4.78, 5) is 17.4. The number of carbonyl (C=O) groups is 1. The van der Waals surface area contributed by atoms with Crippen molar-refractivity contribution in [2.75, 3.05) is 18.4 Å². The van der Waals surface area contributed by atoms with E-state index in [4.69, 9.17) is 4.74 Å². The van der Waals surface area contributed by atoms with E-state index in [-0.39, 0.29) is 12.0 Å². The second-order valence-electron chi connectivity index (χ2n) is 7.32. The van der Waals surface area contributed by atoms with Crippen LogP contribution in [0.3, 0.4) is 0 Å². The topological polar surface area (TPSA) is 63.2 Å². The van der Waals surface area contributed by atoms with Crippen molar-refractivity contribution < 1.29 is 9.53 Å². The Hall–Kier alpha value is -3.18. The van der Waals surface area contributed by atoms with Gasteiger partial charge in [-0.2, -0.15) is 0 Å². The summed E-state index contributed by atoms with van der Waals surface area (Å²) < 4.78 is 6.26. The first-order valence-electron chi connectivity index (χ1n) is 10.00. The Morgan fingerprint density at radius 3 is 2.48 bits per heavy atom. The maximum atomic E-state index is 12.9. The molecular weight excluding hydrogens is 362 g/mol. The molecule has 2 heterocycles. The Balaban J connectivity index is 1.63. The summed E-state index contributed by atoms with van der Waals surface area (Å²) in [6.07, 6.45) is 3.63. The molecular formula is C24H25N3O2. The number of nitrogens with zero attached hydrogens (tertiary/aromatic N) is 1. The zero-order chi connectivity index (χ0) is 20.1. The van der Waals surface area contributed by atoms with E-state index in [1.165, 1.54) is 0 Å². The number of hydrogen-bond acceptors (Lipinski definition) is 4. The predicted molar refractivity (Wildman–Crippen MR) is 115 cm³/mol. The van der Waals surface area contributed by atoms with E-state index in [0.29, 0.717) is 11.4 Å². The average Bonchev–Trinajstić information content (AvgIpc) is 2.76. The highest BCUT2D eigenvalue weighted by atomic mass is 16.5. The minimum atomic E-state index is -0.266. The third-order valence-electron chi connectivity index (χ3n) is 5.06. The SMILES string of the molecule is Cc1ccc(NC(=O)c2ncc(-c3ccccc3)cc2OC2CCNCC2)cc1. The number of pyridine rings is 1. The molecule has 1 aliphatic heterocycles. The number of piperidine rings is 1. The van der Waals surface area contributed by atoms with Crippen molar-refractivity contribution in [1.29, 1.82) is 0 Å². The number of ether oxygens (including phenoxy) is 1. The lowest BCUT2D eigenvalue weighted by Gasteiger charge is -2.25. The van der Waals surface area contributed by atoms with Crippen LogP contribution in [0, 0.1) is 6.92 Å². The van der Waals surface area contributed by atoms with Gasteiger partial charge in [0.05, 0.1) is 0 Å². The second kappa shape index (κ2) is 8.88. The standard InChI is InChI=1S/C24H25N3O2/c1-17-7-9-20(10-8-17)27-24(28)23-22(29-21-11-13-25-14-12-21)15-19(16-26-23)18-5-3-2-4-6-18/h2-10,15-16,21,25H,11-14H2,1H3,(H,27,28). The van der Waals surface area contributed by atoms with E-state index in [2.05, 4.69) is 15.6 Å². The number of rotatable bonds is 5. The Kier molecular flexibility index (Phi) is 5.86. The lowest BCUT2D eigenvalue weighted by atomic mass is 10.1. The Bertz CT molecular complexity index is 965. The number of aromatic nitrogens is 1. The fraction of sp³-hybridized carbons (Fsp3) is 0.250. The number of nitrogens with one attached hydrogen (secondary N) is 2. The van der Waals surface area contributed by atoms with Crippen LogP contribution < -0.4 is 15.4 Å². The van der Waals surface area contributed by atoms with Gasteiger partial charge < -0.3 is 15.4 Å². The van der Waals surface area contributed by atoms with Crippen LogP contribution in [0.2, 0.25) is 0 Å². The van der Waals surface area contributed by atoms with E-state index < -0.39 is 0 Å². The fourth-order valence-electron chi connectivity index (χ4n) is 3.41. The van der Waals surface area contributed by atoms with Crippen LogP contribution in [0.25, 0.3) is 11.1 Å². The first-order chi connectivity index (χ1) is 14.2. The van der Waals surface area contributed by atoms with Gasteiger partial charge in [0.1, 0.15) is 6.10 Å². The van der Waals surface area contributed by atoms with Gasteiger partial charge in [-0.1, -0.05) is 48.0 Å². The summed E-state index contributed by atoms with van der Waals surface area (Å²) in [6.45, 7) is 3.85. The van der Waals surface area contributed by atoms with Crippen LogP contribution in [0.15, 0.2) is 66.9 Å². The van der Waals surface area contributed by atoms with Gasteiger partial charge >= 0.3 is 0 Å². The molecule has 5 nitrogen and oxygen atoms in total. The van der Waals surface area contributed by atoms with Crippen molar-refractivity contribution in [2.45, 2.75) is 25.9 Å². The van der Waals surface area contributed by atoms with E-state index in [1.54, 1.807) is 6.20 Å². The van der Waals surface area contributed by atoms with E-state index in [9.17, 15) is 4.79 Å². The number of aryl methyl sites for hydroxylation is 1. The maximum Gasteiger partial charge on any atom is 0.278 e. The molecule has 1 saturated heterocycles. The first kappa shape index (κ1) is 19.2. The van der Waals surface area contributed by atoms with Crippen molar-refractivity contribution in [3.8, 4) is 16.9 Å². The van der Waals surface area contributed by atoms with Crippen LogP contribution in [-0.4, -0.2) is 30.1 Å². The molecule has 1 fully saturated rings. The van der Waals surface area contributed by atoms with Crippen molar-refractivity contribution in [2.24, 2.45) is 0 Å². The molecule has 0 bridgehead atoms. The zero-order valence-electron chi connectivity index (χ0n) is 16.5. The molecule has 0 unspecified atom stereocenters. The van der Waals surface area contributed by atoms with Gasteiger partial charge in [-0.15, -0.1) is 0 Å². The maximum absolute atomic E-state index is 12.9. The molecule has 0 atom stereocenters. The van der Waals surface area contributed by atoms with Gasteiger partial charge in [0.25, 0.3) is 5.91 Å². The Morgan fingerprint density at radius 1 is 1.03 bits per heavy atom. The molecule has 0 radical (unpaired) electrons. The average molecular weight is 387 g/mol. The first-order valence-corrected chi connectivity index (χ1v) is 10.00. The Morgan fingerprint density at radius 2 is 1.76 bits per heavy atom. The molecule has 0 saturated carbocycles. The minimum Gasteiger partial charge on any atom is -0.488 e. The van der Waals surface area contributed by atoms with Crippen molar-refractivity contribution in [3.63, 3.8) is 0 Å². The van der Waals surface area contributed by atoms with Crippen LogP contribution in [0.1, 0.15) is 28.9 Å². The number of amides is 1. The number of hydrogen-bond donors (Lipinski definition) is 2. The summed E-state index contributed by atoms with van der Waals surface area (Å²) >= 11 is 0. The molecule has 1 amide bonds. The molecule has 3 aromatic rings. The van der Waals surface area contributed by atoms with Gasteiger partial charge in [-0.25, -0.2) is 4.98 Å². The zero-order valence-corrected chi connectivity index (χ0v) is 16.5. The largest absolute Gasteiger partial charge is 0.488 e. The highest BCUT2D eigenvalue weighted by Gasteiger charge is 2.21. The van der Waals surface area contributed by atoms with E-state index in [0.717, 1.165) is 48.3 Å². The molecule has 5 heteroatoms. The molecule has 0 aliphatic carbocycles. The quantitative estimate of drug-likeness (QED) is 0.679.